The molecule has 0 heterocycles. The van der Waals surface area contributed by atoms with Crippen LogP contribution in [0.5, 0.6) is 0 Å². The van der Waals surface area contributed by atoms with Crippen LogP contribution in [0.1, 0.15) is 13.3 Å². The number of nitrogens with one attached hydrogen (secondary N) is 1. The van der Waals surface area contributed by atoms with Crippen molar-refractivity contribution in [1.29, 1.82) is 0 Å². The minimum absolute atomic E-state index is 1.12. The van der Waals surface area contributed by atoms with Crippen LogP contribution >= 0.6 is 8.58 Å². The maximum Gasteiger partial charge on any atom is 0.0124 e. The van der Waals surface area contributed by atoms with Gasteiger partial charge < -0.3 is 5.32 Å². The monoisotopic (exact) mass is 119 g/mol. The zero-order valence-corrected chi connectivity index (χ0v) is 6.12. The van der Waals surface area contributed by atoms with E-state index >= 15 is 0 Å². The van der Waals surface area contributed by atoms with Gasteiger partial charge in [0.1, 0.15) is 0 Å². The lowest BCUT2D eigenvalue weighted by Gasteiger charge is -1.93. The van der Waals surface area contributed by atoms with E-state index in [4.69, 9.17) is 0 Å². The van der Waals surface area contributed by atoms with Crippen LogP contribution in [0.2, 0.25) is 0 Å². The summed E-state index contributed by atoms with van der Waals surface area (Å²) in [6.45, 7) is 2.22. The molecule has 0 aromatic heterocycles. The Morgan fingerprint density at radius 1 is 1.57 bits per heavy atom. The van der Waals surface area contributed by atoms with E-state index in [-0.39, 0.29) is 0 Å². The number of hydrogen-bond donors (Lipinski definition) is 1. The lowest BCUT2D eigenvalue weighted by molar-refractivity contribution is 0.970. The molecule has 0 aliphatic heterocycles. The molecule has 0 aliphatic rings. The van der Waals surface area contributed by atoms with Crippen molar-refractivity contribution in [2.24, 2.45) is 0 Å². The SMILES string of the molecule is CCCPCNC. The Bertz CT molecular complexity index is 27.3. The van der Waals surface area contributed by atoms with Gasteiger partial charge in [0.05, 0.1) is 0 Å². The Morgan fingerprint density at radius 3 is 2.71 bits per heavy atom. The summed E-state index contributed by atoms with van der Waals surface area (Å²) in [7, 11) is 3.12. The first-order chi connectivity index (χ1) is 3.41. The van der Waals surface area contributed by atoms with Crippen molar-refractivity contribution in [2.45, 2.75) is 13.3 Å². The molecule has 0 saturated heterocycles. The van der Waals surface area contributed by atoms with Crippen molar-refractivity contribution in [3.8, 4) is 0 Å². The first-order valence-corrected chi connectivity index (χ1v) is 4.18. The highest BCUT2D eigenvalue weighted by Crippen LogP contribution is 2.06. The highest BCUT2D eigenvalue weighted by Gasteiger charge is 1.78. The Balaban J connectivity index is 2.45. The second-order valence-electron chi connectivity index (χ2n) is 1.53. The summed E-state index contributed by atoms with van der Waals surface area (Å²) >= 11 is 0. The van der Waals surface area contributed by atoms with Gasteiger partial charge in [-0.1, -0.05) is 13.3 Å². The maximum absolute atomic E-state index is 3.11. The van der Waals surface area contributed by atoms with Crippen LogP contribution in [0.15, 0.2) is 0 Å². The van der Waals surface area contributed by atoms with Gasteiger partial charge in [-0.2, -0.15) is 0 Å². The average molecular weight is 119 g/mol. The largest absolute Gasteiger partial charge is 0.316 e. The average Bonchev–Trinajstić information content (AvgIpc) is 1.69. The van der Waals surface area contributed by atoms with E-state index in [2.05, 4.69) is 12.2 Å². The maximum atomic E-state index is 3.11. The van der Waals surface area contributed by atoms with Gasteiger partial charge in [0.2, 0.25) is 0 Å². The van der Waals surface area contributed by atoms with Gasteiger partial charge in [0.15, 0.2) is 0 Å². The van der Waals surface area contributed by atoms with Gasteiger partial charge >= 0.3 is 0 Å². The van der Waals surface area contributed by atoms with Crippen molar-refractivity contribution < 1.29 is 0 Å². The first-order valence-electron chi connectivity index (χ1n) is 2.77. The van der Waals surface area contributed by atoms with Gasteiger partial charge in [-0.15, -0.1) is 8.58 Å². The van der Waals surface area contributed by atoms with Gasteiger partial charge in [0.25, 0.3) is 0 Å². The standard InChI is InChI=1S/C5H14NP/c1-3-4-7-5-6-2/h6-7H,3-5H2,1-2H3. The van der Waals surface area contributed by atoms with E-state index in [9.17, 15) is 0 Å². The second-order valence-corrected chi connectivity index (χ2v) is 2.88. The molecule has 0 fully saturated rings. The first kappa shape index (κ1) is 7.39. The molecule has 0 aromatic rings. The lowest BCUT2D eigenvalue weighted by atomic mass is 10.6. The van der Waals surface area contributed by atoms with E-state index in [1.54, 1.807) is 0 Å². The molecule has 0 saturated carbocycles. The highest BCUT2D eigenvalue weighted by atomic mass is 31.1. The summed E-state index contributed by atoms with van der Waals surface area (Å²) in [6, 6.07) is 0. The predicted octanol–water partition coefficient (Wildman–Crippen LogP) is 1.25. The van der Waals surface area contributed by atoms with Crippen molar-refractivity contribution in [3.05, 3.63) is 0 Å². The summed E-state index contributed by atoms with van der Waals surface area (Å²) in [5, 5.41) is 3.11. The summed E-state index contributed by atoms with van der Waals surface area (Å²) < 4.78 is 0. The van der Waals surface area contributed by atoms with Crippen molar-refractivity contribution in [2.75, 3.05) is 19.5 Å². The normalized spacial score (nSPS) is 11.1. The molecule has 0 aliphatic carbocycles. The summed E-state index contributed by atoms with van der Waals surface area (Å²) in [4.78, 5) is 0. The fraction of sp³-hybridized carbons (Fsp3) is 1.00. The Hall–Kier alpha value is 0.390. The number of hydrogen-bond acceptors (Lipinski definition) is 1. The third-order valence-electron chi connectivity index (χ3n) is 0.729. The molecule has 0 amide bonds. The fourth-order valence-corrected chi connectivity index (χ4v) is 1.17. The summed E-state index contributed by atoms with van der Waals surface area (Å²) in [6.07, 6.45) is 3.93. The third kappa shape index (κ3) is 6.39. The quantitative estimate of drug-likeness (QED) is 0.434. The lowest BCUT2D eigenvalue weighted by Crippen LogP contribution is -2.01. The third-order valence-corrected chi connectivity index (χ3v) is 2.19. The van der Waals surface area contributed by atoms with Crippen LogP contribution in [-0.4, -0.2) is 19.5 Å². The molecule has 44 valence electrons. The molecule has 0 bridgehead atoms. The van der Waals surface area contributed by atoms with Crippen LogP contribution in [0.25, 0.3) is 0 Å². The van der Waals surface area contributed by atoms with Gasteiger partial charge in [-0.25, -0.2) is 0 Å². The minimum atomic E-state index is 1.12. The molecule has 7 heavy (non-hydrogen) atoms. The fourth-order valence-electron chi connectivity index (χ4n) is 0.390. The molecule has 0 spiro atoms. The van der Waals surface area contributed by atoms with E-state index in [0.29, 0.717) is 0 Å². The molecule has 2 heteroatoms. The van der Waals surface area contributed by atoms with Crippen molar-refractivity contribution >= 4 is 8.58 Å². The Morgan fingerprint density at radius 2 is 2.29 bits per heavy atom. The molecule has 1 nitrogen and oxygen atoms in total. The molecule has 1 N–H and O–H groups in total. The van der Waals surface area contributed by atoms with Crippen LogP contribution in [0.3, 0.4) is 0 Å². The Kier molecular flexibility index (Phi) is 6.75. The predicted molar refractivity (Wildman–Crippen MR) is 37.4 cm³/mol. The van der Waals surface area contributed by atoms with Gasteiger partial charge in [-0.05, 0) is 13.2 Å². The second kappa shape index (κ2) is 6.39. The molecular formula is C5H14NP. The molecular weight excluding hydrogens is 105 g/mol. The van der Waals surface area contributed by atoms with Gasteiger partial charge in [0, 0.05) is 6.29 Å². The van der Waals surface area contributed by atoms with E-state index in [1.165, 1.54) is 18.9 Å². The zero-order valence-electron chi connectivity index (χ0n) is 5.12. The highest BCUT2D eigenvalue weighted by molar-refractivity contribution is 7.37. The Labute approximate surface area is 47.7 Å². The summed E-state index contributed by atoms with van der Waals surface area (Å²) in [5.41, 5.74) is 0. The molecule has 0 radical (unpaired) electrons. The van der Waals surface area contributed by atoms with E-state index in [0.717, 1.165) is 8.58 Å². The van der Waals surface area contributed by atoms with E-state index < -0.39 is 0 Å². The summed E-state index contributed by atoms with van der Waals surface area (Å²) in [5.74, 6) is 0. The van der Waals surface area contributed by atoms with Crippen molar-refractivity contribution in [1.82, 2.24) is 5.32 Å². The van der Waals surface area contributed by atoms with Crippen LogP contribution in [0, 0.1) is 0 Å². The minimum Gasteiger partial charge on any atom is -0.316 e. The van der Waals surface area contributed by atoms with Crippen LogP contribution < -0.4 is 5.32 Å². The molecule has 1 unspecified atom stereocenters. The zero-order chi connectivity index (χ0) is 5.54. The smallest absolute Gasteiger partial charge is 0.0124 e. The topological polar surface area (TPSA) is 12.0 Å². The van der Waals surface area contributed by atoms with E-state index in [1.807, 2.05) is 7.05 Å². The number of rotatable bonds is 4. The molecule has 1 atom stereocenters. The molecule has 0 aromatic carbocycles. The molecule has 0 rings (SSSR count). The van der Waals surface area contributed by atoms with Crippen molar-refractivity contribution in [3.63, 3.8) is 0 Å². The van der Waals surface area contributed by atoms with Crippen LogP contribution in [-0.2, 0) is 0 Å². The van der Waals surface area contributed by atoms with Gasteiger partial charge in [-0.3, -0.25) is 0 Å². The van der Waals surface area contributed by atoms with Crippen LogP contribution in [0.4, 0.5) is 0 Å².